The van der Waals surface area contributed by atoms with Crippen LogP contribution in [0, 0.1) is 0 Å². The Morgan fingerprint density at radius 2 is 1.67 bits per heavy atom. The van der Waals surface area contributed by atoms with Crippen molar-refractivity contribution in [2.24, 2.45) is 0 Å². The lowest BCUT2D eigenvalue weighted by Gasteiger charge is -2.18. The van der Waals surface area contributed by atoms with E-state index < -0.39 is 23.4 Å². The minimum atomic E-state index is -5.87. The van der Waals surface area contributed by atoms with Crippen molar-refractivity contribution in [2.75, 3.05) is 0 Å². The summed E-state index contributed by atoms with van der Waals surface area (Å²) in [5.41, 5.74) is -3.47. The highest BCUT2D eigenvalue weighted by Gasteiger charge is 2.61. The van der Waals surface area contributed by atoms with E-state index in [4.69, 9.17) is 0 Å². The number of benzene rings is 1. The van der Waals surface area contributed by atoms with Gasteiger partial charge in [0.05, 0.1) is 11.0 Å². The van der Waals surface area contributed by atoms with Crippen LogP contribution in [0.25, 0.3) is 11.0 Å². The van der Waals surface area contributed by atoms with Gasteiger partial charge in [-0.05, 0) is 12.1 Å². The Balaban J connectivity index is 2.73. The van der Waals surface area contributed by atoms with Crippen molar-refractivity contribution in [2.45, 2.75) is 12.1 Å². The first kappa shape index (κ1) is 12.5. The monoisotopic (exact) mass is 264 g/mol. The summed E-state index contributed by atoms with van der Waals surface area (Å²) >= 11 is 0. The summed E-state index contributed by atoms with van der Waals surface area (Å²) in [6.07, 6.45) is -5.87. The summed E-state index contributed by atoms with van der Waals surface area (Å²) in [5, 5.41) is 0. The fourth-order valence-electron chi connectivity index (χ4n) is 1.38. The van der Waals surface area contributed by atoms with E-state index in [1.165, 1.54) is 24.3 Å². The first-order chi connectivity index (χ1) is 8.23. The second-order valence-electron chi connectivity index (χ2n) is 3.50. The van der Waals surface area contributed by atoms with Gasteiger partial charge in [-0.15, -0.1) is 0 Å². The molecule has 0 bridgehead atoms. The Hall–Kier alpha value is -1.99. The molecule has 2 rings (SSSR count). The minimum absolute atomic E-state index is 0.0872. The van der Waals surface area contributed by atoms with Crippen LogP contribution in [0.2, 0.25) is 0 Å². The SMILES string of the molecule is O=c1[nH]c2ccccc2nc1C(F)(F)C(F)(F)F. The third-order valence-electron chi connectivity index (χ3n) is 2.25. The largest absolute Gasteiger partial charge is 0.459 e. The van der Waals surface area contributed by atoms with Crippen molar-refractivity contribution in [3.63, 3.8) is 0 Å². The molecule has 0 radical (unpaired) electrons. The lowest BCUT2D eigenvalue weighted by molar-refractivity contribution is -0.291. The highest BCUT2D eigenvalue weighted by Crippen LogP contribution is 2.41. The normalized spacial score (nSPS) is 12.9. The molecule has 0 aliphatic heterocycles. The molecule has 1 aromatic carbocycles. The molecule has 8 heteroatoms. The molecule has 3 nitrogen and oxygen atoms in total. The number of para-hydroxylation sites is 2. The molecule has 2 aromatic rings. The van der Waals surface area contributed by atoms with Crippen molar-refractivity contribution in [1.82, 2.24) is 9.97 Å². The number of H-pyrrole nitrogens is 1. The molecule has 0 saturated heterocycles. The van der Waals surface area contributed by atoms with E-state index in [1.807, 2.05) is 4.98 Å². The predicted molar refractivity (Wildman–Crippen MR) is 52.3 cm³/mol. The Morgan fingerprint density at radius 3 is 2.28 bits per heavy atom. The van der Waals surface area contributed by atoms with Gasteiger partial charge in [0.2, 0.25) is 0 Å². The first-order valence-electron chi connectivity index (χ1n) is 4.67. The van der Waals surface area contributed by atoms with Gasteiger partial charge >= 0.3 is 12.1 Å². The van der Waals surface area contributed by atoms with Crippen molar-refractivity contribution in [3.05, 3.63) is 40.3 Å². The third-order valence-corrected chi connectivity index (χ3v) is 2.25. The number of alkyl halides is 5. The maximum atomic E-state index is 13.0. The zero-order chi connectivity index (χ0) is 13.6. The van der Waals surface area contributed by atoms with E-state index in [-0.39, 0.29) is 11.0 Å². The van der Waals surface area contributed by atoms with E-state index in [0.29, 0.717) is 0 Å². The molecule has 0 fully saturated rings. The number of aromatic amines is 1. The average Bonchev–Trinajstić information content (AvgIpc) is 2.26. The van der Waals surface area contributed by atoms with Gasteiger partial charge in [0.15, 0.2) is 5.69 Å². The van der Waals surface area contributed by atoms with Crippen LogP contribution in [-0.4, -0.2) is 16.1 Å². The number of aromatic nitrogens is 2. The first-order valence-corrected chi connectivity index (χ1v) is 4.67. The summed E-state index contributed by atoms with van der Waals surface area (Å²) in [6, 6.07) is 5.46. The molecule has 96 valence electrons. The van der Waals surface area contributed by atoms with Crippen molar-refractivity contribution >= 4 is 11.0 Å². The van der Waals surface area contributed by atoms with Crippen molar-refractivity contribution in [1.29, 1.82) is 0 Å². The van der Waals surface area contributed by atoms with E-state index in [0.717, 1.165) is 0 Å². The molecule has 0 saturated carbocycles. The second kappa shape index (κ2) is 3.76. The molecule has 1 N–H and O–H groups in total. The van der Waals surface area contributed by atoms with Gasteiger partial charge in [0.25, 0.3) is 5.56 Å². The summed E-state index contributed by atoms with van der Waals surface area (Å²) < 4.78 is 62.6. The van der Waals surface area contributed by atoms with Gasteiger partial charge < -0.3 is 4.98 Å². The number of fused-ring (bicyclic) bond motifs is 1. The van der Waals surface area contributed by atoms with Gasteiger partial charge in [0, 0.05) is 0 Å². The van der Waals surface area contributed by atoms with Crippen LogP contribution < -0.4 is 5.56 Å². The second-order valence-corrected chi connectivity index (χ2v) is 3.50. The third kappa shape index (κ3) is 1.83. The molecule has 0 amide bonds. The highest BCUT2D eigenvalue weighted by molar-refractivity contribution is 5.73. The number of hydrogen-bond donors (Lipinski definition) is 1. The topological polar surface area (TPSA) is 45.8 Å². The molecular weight excluding hydrogens is 259 g/mol. The van der Waals surface area contributed by atoms with E-state index >= 15 is 0 Å². The standard InChI is InChI=1S/C10H5F5N2O/c11-9(12,10(13,14)15)7-8(18)17-6-4-2-1-3-5(6)16-7/h1-4H,(H,17,18). The fourth-order valence-corrected chi connectivity index (χ4v) is 1.38. The van der Waals surface area contributed by atoms with E-state index in [2.05, 4.69) is 4.98 Å². The van der Waals surface area contributed by atoms with Crippen molar-refractivity contribution in [3.8, 4) is 0 Å². The van der Waals surface area contributed by atoms with Crippen LogP contribution >= 0.6 is 0 Å². The fraction of sp³-hybridized carbons (Fsp3) is 0.200. The molecule has 1 aromatic heterocycles. The van der Waals surface area contributed by atoms with Crippen LogP contribution in [0.15, 0.2) is 29.1 Å². The van der Waals surface area contributed by atoms with Gasteiger partial charge in [-0.1, -0.05) is 12.1 Å². The molecule has 1 heterocycles. The highest BCUT2D eigenvalue weighted by atomic mass is 19.4. The summed E-state index contributed by atoms with van der Waals surface area (Å²) in [4.78, 5) is 16.3. The molecule has 18 heavy (non-hydrogen) atoms. The zero-order valence-corrected chi connectivity index (χ0v) is 8.55. The number of halogens is 5. The molecule has 0 aliphatic carbocycles. The van der Waals surface area contributed by atoms with Crippen LogP contribution in [0.1, 0.15) is 5.69 Å². The van der Waals surface area contributed by atoms with E-state index in [1.54, 1.807) is 0 Å². The predicted octanol–water partition coefficient (Wildman–Crippen LogP) is 2.58. The Kier molecular flexibility index (Phi) is 2.60. The van der Waals surface area contributed by atoms with E-state index in [9.17, 15) is 26.7 Å². The summed E-state index contributed by atoms with van der Waals surface area (Å²) in [6.45, 7) is 0. The van der Waals surface area contributed by atoms with Crippen LogP contribution in [0.3, 0.4) is 0 Å². The Bertz CT molecular complexity index is 646. The van der Waals surface area contributed by atoms with Crippen LogP contribution in [0.4, 0.5) is 22.0 Å². The Morgan fingerprint density at radius 1 is 1.06 bits per heavy atom. The van der Waals surface area contributed by atoms with Gasteiger partial charge in [-0.3, -0.25) is 4.79 Å². The Labute approximate surface area is 96.3 Å². The molecule has 0 aliphatic rings. The maximum absolute atomic E-state index is 13.0. The zero-order valence-electron chi connectivity index (χ0n) is 8.55. The lowest BCUT2D eigenvalue weighted by Crippen LogP contribution is -2.39. The summed E-state index contributed by atoms with van der Waals surface area (Å²) in [5.74, 6) is -5.29. The van der Waals surface area contributed by atoms with Crippen LogP contribution in [-0.2, 0) is 5.92 Å². The molecule has 0 spiro atoms. The van der Waals surface area contributed by atoms with Gasteiger partial charge in [-0.25, -0.2) is 4.98 Å². The number of hydrogen-bond acceptors (Lipinski definition) is 2. The molecule has 0 unspecified atom stereocenters. The summed E-state index contributed by atoms with van der Waals surface area (Å²) in [7, 11) is 0. The quantitative estimate of drug-likeness (QED) is 0.804. The number of nitrogens with zero attached hydrogens (tertiary/aromatic N) is 1. The molecular formula is C10H5F5N2O. The molecule has 0 atom stereocenters. The number of nitrogens with one attached hydrogen (secondary N) is 1. The lowest BCUT2D eigenvalue weighted by atomic mass is 10.2. The van der Waals surface area contributed by atoms with Gasteiger partial charge in [0.1, 0.15) is 0 Å². The average molecular weight is 264 g/mol. The van der Waals surface area contributed by atoms with Crippen LogP contribution in [0.5, 0.6) is 0 Å². The van der Waals surface area contributed by atoms with Crippen molar-refractivity contribution < 1.29 is 22.0 Å². The van der Waals surface area contributed by atoms with Gasteiger partial charge in [-0.2, -0.15) is 22.0 Å². The minimum Gasteiger partial charge on any atom is -0.319 e. The maximum Gasteiger partial charge on any atom is 0.459 e. The smallest absolute Gasteiger partial charge is 0.319 e. The number of rotatable bonds is 1.